The molecule has 8 heteroatoms. The van der Waals surface area contributed by atoms with Crippen LogP contribution in [0.2, 0.25) is 0 Å². The van der Waals surface area contributed by atoms with E-state index in [-0.39, 0.29) is 22.8 Å². The van der Waals surface area contributed by atoms with E-state index in [0.29, 0.717) is 21.1 Å². The first-order chi connectivity index (χ1) is 13.4. The summed E-state index contributed by atoms with van der Waals surface area (Å²) in [6, 6.07) is 12.2. The van der Waals surface area contributed by atoms with Crippen molar-refractivity contribution in [1.29, 1.82) is 0 Å². The first-order valence-corrected chi connectivity index (χ1v) is 9.90. The van der Waals surface area contributed by atoms with E-state index in [1.807, 2.05) is 24.3 Å². The number of hydrogen-bond acceptors (Lipinski definition) is 5. The Labute approximate surface area is 178 Å². The summed E-state index contributed by atoms with van der Waals surface area (Å²) in [4.78, 5) is 12.4. The van der Waals surface area contributed by atoms with E-state index in [1.54, 1.807) is 19.1 Å². The van der Waals surface area contributed by atoms with Gasteiger partial charge in [0.05, 0.1) is 22.9 Å². The molecule has 0 aliphatic rings. The number of aromatic hydroxyl groups is 2. The molecule has 0 aliphatic heterocycles. The number of halogens is 2. The Bertz CT molecular complexity index is 1080. The molecule has 1 amide bonds. The summed E-state index contributed by atoms with van der Waals surface area (Å²) in [6.07, 6.45) is 1.41. The Morgan fingerprint density at radius 1 is 1.14 bits per heavy atom. The van der Waals surface area contributed by atoms with Crippen LogP contribution in [0.3, 0.4) is 0 Å². The van der Waals surface area contributed by atoms with Crippen molar-refractivity contribution in [1.82, 2.24) is 5.43 Å². The van der Waals surface area contributed by atoms with E-state index in [9.17, 15) is 15.0 Å². The van der Waals surface area contributed by atoms with Crippen molar-refractivity contribution in [2.45, 2.75) is 6.92 Å². The first-order valence-electron chi connectivity index (χ1n) is 8.31. The second-order valence-corrected chi connectivity index (χ2v) is 7.38. The van der Waals surface area contributed by atoms with Gasteiger partial charge >= 0.3 is 0 Å². The lowest BCUT2D eigenvalue weighted by Gasteiger charge is -2.11. The number of nitrogens with zero attached hydrogens (tertiary/aromatic N) is 1. The Hall–Kier alpha value is -2.58. The van der Waals surface area contributed by atoms with Crippen LogP contribution in [-0.4, -0.2) is 28.9 Å². The number of phenolic OH excluding ortho intramolecular Hbond substituents is 2. The molecule has 0 unspecified atom stereocenters. The zero-order valence-corrected chi connectivity index (χ0v) is 17.9. The molecule has 3 rings (SSSR count). The molecule has 3 N–H and O–H groups in total. The van der Waals surface area contributed by atoms with Crippen molar-refractivity contribution in [2.75, 3.05) is 6.61 Å². The highest BCUT2D eigenvalue weighted by atomic mass is 79.9. The van der Waals surface area contributed by atoms with Gasteiger partial charge in [-0.1, -0.05) is 24.3 Å². The summed E-state index contributed by atoms with van der Waals surface area (Å²) < 4.78 is 6.35. The van der Waals surface area contributed by atoms with Crippen LogP contribution in [0.5, 0.6) is 17.2 Å². The van der Waals surface area contributed by atoms with Gasteiger partial charge in [0, 0.05) is 10.0 Å². The molecular weight excluding hydrogens is 492 g/mol. The number of amides is 1. The van der Waals surface area contributed by atoms with Gasteiger partial charge in [0.2, 0.25) is 0 Å². The molecule has 0 radical (unpaired) electrons. The van der Waals surface area contributed by atoms with Gasteiger partial charge in [-0.25, -0.2) is 5.43 Å². The molecule has 3 aromatic rings. The maximum atomic E-state index is 12.4. The fourth-order valence-corrected chi connectivity index (χ4v) is 3.43. The second kappa shape index (κ2) is 8.62. The van der Waals surface area contributed by atoms with E-state index >= 15 is 0 Å². The van der Waals surface area contributed by atoms with Crippen LogP contribution in [0.15, 0.2) is 56.5 Å². The highest BCUT2D eigenvalue weighted by Crippen LogP contribution is 2.41. The van der Waals surface area contributed by atoms with Gasteiger partial charge < -0.3 is 14.9 Å². The molecule has 0 spiro atoms. The molecule has 0 fully saturated rings. The molecule has 28 heavy (non-hydrogen) atoms. The molecule has 0 atom stereocenters. The van der Waals surface area contributed by atoms with E-state index in [4.69, 9.17) is 4.74 Å². The van der Waals surface area contributed by atoms with Crippen LogP contribution in [0.25, 0.3) is 10.8 Å². The first kappa shape index (κ1) is 20.2. The number of rotatable bonds is 5. The largest absolute Gasteiger partial charge is 0.507 e. The lowest BCUT2D eigenvalue weighted by molar-refractivity contribution is 0.0952. The summed E-state index contributed by atoms with van der Waals surface area (Å²) in [5.74, 6) is -0.411. The van der Waals surface area contributed by atoms with Gasteiger partial charge in [-0.15, -0.1) is 0 Å². The predicted molar refractivity (Wildman–Crippen MR) is 115 cm³/mol. The number of phenols is 2. The maximum absolute atomic E-state index is 12.4. The minimum absolute atomic E-state index is 0.0315. The SMILES string of the molecule is CCOc1cc(/C=N/NC(=O)c2cc3ccccc3cc2O)c(Br)c(Br)c1O. The van der Waals surface area contributed by atoms with E-state index in [0.717, 1.165) is 10.8 Å². The number of hydrogen-bond donors (Lipinski definition) is 3. The summed E-state index contributed by atoms with van der Waals surface area (Å²) in [5, 5.41) is 25.8. The van der Waals surface area contributed by atoms with Crippen LogP contribution in [0.4, 0.5) is 0 Å². The number of ether oxygens (including phenoxy) is 1. The van der Waals surface area contributed by atoms with E-state index < -0.39 is 5.91 Å². The number of fused-ring (bicyclic) bond motifs is 1. The zero-order valence-electron chi connectivity index (χ0n) is 14.7. The van der Waals surface area contributed by atoms with Gasteiger partial charge in [-0.05, 0) is 67.8 Å². The third-order valence-corrected chi connectivity index (χ3v) is 6.11. The standard InChI is InChI=1S/C20H16Br2N2O4/c1-2-28-16-9-13(17(21)18(22)19(16)26)10-23-24-20(27)14-7-11-5-3-4-6-12(11)8-15(14)25/h3-10,25-26H,2H2,1H3,(H,24,27)/b23-10+. The molecule has 6 nitrogen and oxygen atoms in total. The van der Waals surface area contributed by atoms with Gasteiger partial charge in [-0.2, -0.15) is 5.10 Å². The van der Waals surface area contributed by atoms with Crippen molar-refractivity contribution in [3.8, 4) is 17.2 Å². The molecule has 0 saturated heterocycles. The third kappa shape index (κ3) is 4.13. The summed E-state index contributed by atoms with van der Waals surface area (Å²) in [7, 11) is 0. The smallest absolute Gasteiger partial charge is 0.275 e. The van der Waals surface area contributed by atoms with Crippen LogP contribution in [-0.2, 0) is 0 Å². The Morgan fingerprint density at radius 3 is 2.50 bits per heavy atom. The second-order valence-electron chi connectivity index (χ2n) is 5.79. The molecule has 144 valence electrons. The van der Waals surface area contributed by atoms with Crippen molar-refractivity contribution >= 4 is 54.8 Å². The maximum Gasteiger partial charge on any atom is 0.275 e. The van der Waals surface area contributed by atoms with E-state index in [1.165, 1.54) is 12.3 Å². The van der Waals surface area contributed by atoms with Crippen LogP contribution < -0.4 is 10.2 Å². The number of benzene rings is 3. The molecule has 0 heterocycles. The fraction of sp³-hybridized carbons (Fsp3) is 0.100. The summed E-state index contributed by atoms with van der Waals surface area (Å²) >= 11 is 6.64. The lowest BCUT2D eigenvalue weighted by Crippen LogP contribution is -2.17. The predicted octanol–water partition coefficient (Wildman–Crippen LogP) is 4.94. The zero-order chi connectivity index (χ0) is 20.3. The average Bonchev–Trinajstić information content (AvgIpc) is 2.69. The molecule has 0 saturated carbocycles. The van der Waals surface area contributed by atoms with Crippen LogP contribution in [0.1, 0.15) is 22.8 Å². The van der Waals surface area contributed by atoms with Gasteiger partial charge in [0.15, 0.2) is 11.5 Å². The average molecular weight is 508 g/mol. The Balaban J connectivity index is 1.83. The minimum atomic E-state index is -0.543. The van der Waals surface area contributed by atoms with Crippen molar-refractivity contribution in [2.24, 2.45) is 5.10 Å². The highest BCUT2D eigenvalue weighted by Gasteiger charge is 2.15. The van der Waals surface area contributed by atoms with Gasteiger partial charge in [-0.3, -0.25) is 4.79 Å². The molecule has 0 aromatic heterocycles. The highest BCUT2D eigenvalue weighted by molar-refractivity contribution is 9.13. The number of hydrazone groups is 1. The molecule has 3 aromatic carbocycles. The lowest BCUT2D eigenvalue weighted by atomic mass is 10.1. The van der Waals surface area contributed by atoms with Crippen molar-refractivity contribution in [3.63, 3.8) is 0 Å². The van der Waals surface area contributed by atoms with Crippen molar-refractivity contribution in [3.05, 3.63) is 62.5 Å². The number of carbonyl (C=O) groups is 1. The minimum Gasteiger partial charge on any atom is -0.507 e. The van der Waals surface area contributed by atoms with Crippen LogP contribution in [0, 0.1) is 0 Å². The Morgan fingerprint density at radius 2 is 1.82 bits per heavy atom. The quantitative estimate of drug-likeness (QED) is 0.337. The van der Waals surface area contributed by atoms with Crippen molar-refractivity contribution < 1.29 is 19.7 Å². The fourth-order valence-electron chi connectivity index (χ4n) is 2.60. The molecule has 0 bridgehead atoms. The summed E-state index contributed by atoms with van der Waals surface area (Å²) in [5.41, 5.74) is 3.10. The van der Waals surface area contributed by atoms with Gasteiger partial charge in [0.25, 0.3) is 5.91 Å². The Kier molecular flexibility index (Phi) is 6.21. The van der Waals surface area contributed by atoms with E-state index in [2.05, 4.69) is 42.4 Å². The summed E-state index contributed by atoms with van der Waals surface area (Å²) in [6.45, 7) is 2.19. The normalized spacial score (nSPS) is 11.1. The third-order valence-electron chi connectivity index (χ3n) is 3.95. The molecule has 0 aliphatic carbocycles. The topological polar surface area (TPSA) is 91.2 Å². The van der Waals surface area contributed by atoms with Crippen LogP contribution >= 0.6 is 31.9 Å². The molecular formula is C20H16Br2N2O4. The monoisotopic (exact) mass is 506 g/mol. The van der Waals surface area contributed by atoms with Gasteiger partial charge in [0.1, 0.15) is 5.75 Å². The number of carbonyl (C=O) groups excluding carboxylic acids is 1. The number of nitrogens with one attached hydrogen (secondary N) is 1.